The second-order valence-electron chi connectivity index (χ2n) is 6.28. The van der Waals surface area contributed by atoms with Crippen molar-refractivity contribution in [2.45, 2.75) is 6.42 Å². The van der Waals surface area contributed by atoms with Gasteiger partial charge in [0.2, 0.25) is 0 Å². The zero-order valence-corrected chi connectivity index (χ0v) is 16.9. The maximum absolute atomic E-state index is 6.12. The molecule has 0 bridgehead atoms. The molecule has 3 rings (SSSR count). The van der Waals surface area contributed by atoms with Crippen molar-refractivity contribution in [1.82, 2.24) is 0 Å². The van der Waals surface area contributed by atoms with E-state index in [9.17, 15) is 0 Å². The fourth-order valence-corrected chi connectivity index (χ4v) is 3.69. The van der Waals surface area contributed by atoms with Crippen LogP contribution in [0.25, 0.3) is 0 Å². The van der Waals surface area contributed by atoms with Gasteiger partial charge in [0, 0.05) is 35.5 Å². The number of ether oxygens (including phenoxy) is 1. The van der Waals surface area contributed by atoms with Gasteiger partial charge >= 0.3 is 0 Å². The van der Waals surface area contributed by atoms with Crippen molar-refractivity contribution in [2.75, 3.05) is 37.0 Å². The molecule has 0 saturated carbocycles. The van der Waals surface area contributed by atoms with Crippen LogP contribution in [0.4, 0.5) is 11.4 Å². The van der Waals surface area contributed by atoms with Crippen molar-refractivity contribution >= 4 is 44.9 Å². The zero-order valence-electron chi connectivity index (χ0n) is 14.6. The summed E-state index contributed by atoms with van der Waals surface area (Å²) in [7, 11) is 1.59. The number of aliphatic imine (C=N–C) groups is 1. The zero-order chi connectivity index (χ0) is 18.5. The third-order valence-electron chi connectivity index (χ3n) is 4.40. The van der Waals surface area contributed by atoms with Crippen LogP contribution < -0.4 is 20.7 Å². The van der Waals surface area contributed by atoms with Gasteiger partial charge in [-0.25, -0.2) is 0 Å². The van der Waals surface area contributed by atoms with Crippen LogP contribution in [0.2, 0.25) is 5.02 Å². The molecule has 7 heteroatoms. The second-order valence-corrected chi connectivity index (χ2v) is 7.60. The molecule has 0 amide bonds. The highest BCUT2D eigenvalue weighted by molar-refractivity contribution is 9.10. The summed E-state index contributed by atoms with van der Waals surface area (Å²) < 4.78 is 6.25. The van der Waals surface area contributed by atoms with Crippen LogP contribution in [0.1, 0.15) is 6.42 Å². The number of nitrogens with two attached hydrogens (primary N) is 1. The largest absolute Gasteiger partial charge is 0.495 e. The lowest BCUT2D eigenvalue weighted by atomic mass is 10.1. The molecule has 1 saturated heterocycles. The normalized spacial score (nSPS) is 17.4. The monoisotopic (exact) mass is 436 g/mol. The highest BCUT2D eigenvalue weighted by Gasteiger charge is 2.22. The second kappa shape index (κ2) is 8.64. The van der Waals surface area contributed by atoms with Gasteiger partial charge < -0.3 is 20.7 Å². The smallest absolute Gasteiger partial charge is 0.193 e. The predicted molar refractivity (Wildman–Crippen MR) is 113 cm³/mol. The Labute approximate surface area is 167 Å². The summed E-state index contributed by atoms with van der Waals surface area (Å²) in [6.07, 6.45) is 1.11. The number of rotatable bonds is 5. The van der Waals surface area contributed by atoms with Crippen LogP contribution in [-0.2, 0) is 0 Å². The van der Waals surface area contributed by atoms with Crippen LogP contribution in [0.3, 0.4) is 0 Å². The van der Waals surface area contributed by atoms with E-state index >= 15 is 0 Å². The van der Waals surface area contributed by atoms with Gasteiger partial charge in [-0.1, -0.05) is 33.6 Å². The lowest BCUT2D eigenvalue weighted by molar-refractivity contribution is 0.415. The van der Waals surface area contributed by atoms with Gasteiger partial charge in [0.25, 0.3) is 0 Å². The molecule has 1 aliphatic heterocycles. The van der Waals surface area contributed by atoms with Gasteiger partial charge in [0.05, 0.1) is 12.1 Å². The molecule has 0 radical (unpaired) electrons. The highest BCUT2D eigenvalue weighted by atomic mass is 79.9. The van der Waals surface area contributed by atoms with Crippen molar-refractivity contribution in [2.24, 2.45) is 16.6 Å². The number of benzene rings is 2. The average molecular weight is 438 g/mol. The van der Waals surface area contributed by atoms with E-state index in [1.807, 2.05) is 12.1 Å². The van der Waals surface area contributed by atoms with Crippen LogP contribution in [0.5, 0.6) is 5.75 Å². The first-order valence-corrected chi connectivity index (χ1v) is 9.63. The summed E-state index contributed by atoms with van der Waals surface area (Å²) in [4.78, 5) is 6.88. The molecular weight excluding hydrogens is 416 g/mol. The molecule has 138 valence electrons. The standard InChI is InChI=1S/C19H22BrClN4O/c1-26-18-6-5-15(10-17(18)21)24-19(22)23-11-13-7-8-25(12-13)16-4-2-3-14(20)9-16/h2-6,9-10,13H,7-8,11-12H2,1H3,(H3,22,23,24). The van der Waals surface area contributed by atoms with Gasteiger partial charge in [-0.2, -0.15) is 0 Å². The molecule has 0 aromatic heterocycles. The van der Waals surface area contributed by atoms with Crippen molar-refractivity contribution < 1.29 is 4.74 Å². The van der Waals surface area contributed by atoms with Gasteiger partial charge in [0.1, 0.15) is 5.75 Å². The van der Waals surface area contributed by atoms with E-state index in [-0.39, 0.29) is 0 Å². The van der Waals surface area contributed by atoms with E-state index in [4.69, 9.17) is 22.1 Å². The Kier molecular flexibility index (Phi) is 6.27. The summed E-state index contributed by atoms with van der Waals surface area (Å²) in [5.41, 5.74) is 8.05. The number of nitrogens with one attached hydrogen (secondary N) is 1. The Morgan fingerprint density at radius 3 is 2.96 bits per heavy atom. The minimum absolute atomic E-state index is 0.395. The van der Waals surface area contributed by atoms with Crippen LogP contribution in [0.15, 0.2) is 51.9 Å². The molecule has 0 aliphatic carbocycles. The van der Waals surface area contributed by atoms with Gasteiger partial charge in [-0.15, -0.1) is 0 Å². The first-order chi connectivity index (χ1) is 12.5. The Bertz CT molecular complexity index is 799. The quantitative estimate of drug-likeness (QED) is 0.539. The molecule has 0 spiro atoms. The maximum Gasteiger partial charge on any atom is 0.193 e. The fourth-order valence-electron chi connectivity index (χ4n) is 3.05. The summed E-state index contributed by atoms with van der Waals surface area (Å²) in [6, 6.07) is 13.8. The minimum Gasteiger partial charge on any atom is -0.495 e. The van der Waals surface area contributed by atoms with Gasteiger partial charge in [0.15, 0.2) is 5.96 Å². The Morgan fingerprint density at radius 2 is 2.23 bits per heavy atom. The number of hydrogen-bond acceptors (Lipinski definition) is 3. The highest BCUT2D eigenvalue weighted by Crippen LogP contribution is 2.28. The number of nitrogens with zero attached hydrogens (tertiary/aromatic N) is 2. The molecule has 1 unspecified atom stereocenters. The van der Waals surface area contributed by atoms with Crippen LogP contribution >= 0.6 is 27.5 Å². The molecule has 1 fully saturated rings. The number of guanidine groups is 1. The Hall–Kier alpha value is -1.92. The molecule has 2 aromatic rings. The Balaban J connectivity index is 1.54. The molecule has 26 heavy (non-hydrogen) atoms. The van der Waals surface area contributed by atoms with Crippen molar-refractivity contribution in [3.05, 3.63) is 52.0 Å². The molecule has 1 aliphatic rings. The SMILES string of the molecule is COc1ccc(NC(N)=NCC2CCN(c3cccc(Br)c3)C2)cc1Cl. The lowest BCUT2D eigenvalue weighted by Gasteiger charge is -2.18. The summed E-state index contributed by atoms with van der Waals surface area (Å²) >= 11 is 9.65. The first kappa shape index (κ1) is 18.9. The molecule has 2 aromatic carbocycles. The molecular formula is C19H22BrClN4O. The number of methoxy groups -OCH3 is 1. The van der Waals surface area contributed by atoms with E-state index in [1.54, 1.807) is 19.2 Å². The average Bonchev–Trinajstić information content (AvgIpc) is 3.09. The number of anilines is 2. The Morgan fingerprint density at radius 1 is 1.38 bits per heavy atom. The van der Waals surface area contributed by atoms with Crippen LogP contribution in [0, 0.1) is 5.92 Å². The van der Waals surface area contributed by atoms with Gasteiger partial charge in [-0.05, 0) is 48.7 Å². The third-order valence-corrected chi connectivity index (χ3v) is 5.19. The number of hydrogen-bond donors (Lipinski definition) is 2. The van der Waals surface area contributed by atoms with Gasteiger partial charge in [-0.3, -0.25) is 4.99 Å². The lowest BCUT2D eigenvalue weighted by Crippen LogP contribution is -2.25. The van der Waals surface area contributed by atoms with Crippen molar-refractivity contribution in [3.8, 4) is 5.75 Å². The van der Waals surface area contributed by atoms with E-state index in [0.717, 1.165) is 29.7 Å². The van der Waals surface area contributed by atoms with Crippen molar-refractivity contribution in [1.29, 1.82) is 0 Å². The molecule has 1 atom stereocenters. The summed E-state index contributed by atoms with van der Waals surface area (Å²) in [6.45, 7) is 2.73. The minimum atomic E-state index is 0.395. The molecule has 3 N–H and O–H groups in total. The maximum atomic E-state index is 6.12. The number of halogens is 2. The molecule has 1 heterocycles. The summed E-state index contributed by atoms with van der Waals surface area (Å²) in [5, 5.41) is 3.61. The fraction of sp³-hybridized carbons (Fsp3) is 0.316. The van der Waals surface area contributed by atoms with E-state index in [2.05, 4.69) is 49.3 Å². The van der Waals surface area contributed by atoms with Crippen LogP contribution in [-0.4, -0.2) is 32.7 Å². The summed E-state index contributed by atoms with van der Waals surface area (Å²) in [5.74, 6) is 1.52. The van der Waals surface area contributed by atoms with E-state index < -0.39 is 0 Å². The first-order valence-electron chi connectivity index (χ1n) is 8.46. The molecule has 5 nitrogen and oxygen atoms in total. The third kappa shape index (κ3) is 4.83. The van der Waals surface area contributed by atoms with Crippen molar-refractivity contribution in [3.63, 3.8) is 0 Å². The van der Waals surface area contributed by atoms with E-state index in [1.165, 1.54) is 5.69 Å². The topological polar surface area (TPSA) is 62.9 Å². The van der Waals surface area contributed by atoms with E-state index in [0.29, 0.717) is 29.2 Å². The predicted octanol–water partition coefficient (Wildman–Crippen LogP) is 4.36.